The summed E-state index contributed by atoms with van der Waals surface area (Å²) in [4.78, 5) is 11.6. The highest BCUT2D eigenvalue weighted by atomic mass is 19.1. The Morgan fingerprint density at radius 2 is 2.12 bits per heavy atom. The first-order valence-corrected chi connectivity index (χ1v) is 5.64. The Kier molecular flexibility index (Phi) is 4.63. The zero-order valence-electron chi connectivity index (χ0n) is 10.3. The molecule has 1 rings (SSSR count). The van der Waals surface area contributed by atoms with Crippen LogP contribution in [0.5, 0.6) is 0 Å². The Bertz CT molecular complexity index is 404. The van der Waals surface area contributed by atoms with Gasteiger partial charge in [-0.15, -0.1) is 0 Å². The summed E-state index contributed by atoms with van der Waals surface area (Å²) in [5, 5.41) is 12.0. The predicted octanol–water partition coefficient (Wildman–Crippen LogP) is 2.48. The Balaban J connectivity index is 2.65. The lowest BCUT2D eigenvalue weighted by atomic mass is 10.0. The van der Waals surface area contributed by atoms with Crippen molar-refractivity contribution in [3.05, 3.63) is 29.6 Å². The maximum atomic E-state index is 13.3. The lowest BCUT2D eigenvalue weighted by Gasteiger charge is -2.14. The largest absolute Gasteiger partial charge is 0.392 e. The second-order valence-electron chi connectivity index (χ2n) is 4.55. The van der Waals surface area contributed by atoms with E-state index in [1.54, 1.807) is 12.1 Å². The van der Waals surface area contributed by atoms with Gasteiger partial charge in [-0.25, -0.2) is 4.39 Å². The van der Waals surface area contributed by atoms with E-state index >= 15 is 0 Å². The normalized spacial score (nSPS) is 12.6. The molecule has 4 heteroatoms. The molecule has 0 spiro atoms. The van der Waals surface area contributed by atoms with Crippen molar-refractivity contribution in [2.75, 3.05) is 5.32 Å². The van der Waals surface area contributed by atoms with E-state index in [1.807, 2.05) is 20.8 Å². The third kappa shape index (κ3) is 4.15. The first-order chi connectivity index (χ1) is 7.90. The summed E-state index contributed by atoms with van der Waals surface area (Å²) in [5.74, 6) is -0.846. The quantitative estimate of drug-likeness (QED) is 0.848. The van der Waals surface area contributed by atoms with E-state index < -0.39 is 11.9 Å². The third-order valence-electron chi connectivity index (χ3n) is 2.56. The summed E-state index contributed by atoms with van der Waals surface area (Å²) >= 11 is 0. The van der Waals surface area contributed by atoms with E-state index in [0.29, 0.717) is 0 Å². The van der Waals surface area contributed by atoms with Crippen LogP contribution in [0.2, 0.25) is 0 Å². The molecule has 17 heavy (non-hydrogen) atoms. The van der Waals surface area contributed by atoms with Gasteiger partial charge < -0.3 is 10.4 Å². The van der Waals surface area contributed by atoms with Crippen LogP contribution in [0.1, 0.15) is 25.8 Å². The van der Waals surface area contributed by atoms with Gasteiger partial charge in [0, 0.05) is 0 Å². The molecule has 0 saturated carbocycles. The van der Waals surface area contributed by atoms with Gasteiger partial charge in [0.15, 0.2) is 0 Å². The number of aryl methyl sites for hydroxylation is 1. The van der Waals surface area contributed by atoms with Gasteiger partial charge >= 0.3 is 0 Å². The molecule has 0 aromatic heterocycles. The van der Waals surface area contributed by atoms with E-state index in [-0.39, 0.29) is 23.9 Å². The fraction of sp³-hybridized carbons (Fsp3) is 0.462. The van der Waals surface area contributed by atoms with E-state index in [4.69, 9.17) is 0 Å². The maximum absolute atomic E-state index is 13.3. The van der Waals surface area contributed by atoms with Crippen LogP contribution in [0, 0.1) is 18.7 Å². The minimum atomic E-state index is -0.706. The van der Waals surface area contributed by atoms with E-state index in [0.717, 1.165) is 5.56 Å². The molecule has 3 nitrogen and oxygen atoms in total. The number of anilines is 1. The topological polar surface area (TPSA) is 49.3 Å². The maximum Gasteiger partial charge on any atom is 0.227 e. The first-order valence-electron chi connectivity index (χ1n) is 5.64. The van der Waals surface area contributed by atoms with Crippen LogP contribution >= 0.6 is 0 Å². The summed E-state index contributed by atoms with van der Waals surface area (Å²) in [5.41, 5.74) is 1.03. The summed E-state index contributed by atoms with van der Waals surface area (Å²) in [7, 11) is 0. The van der Waals surface area contributed by atoms with Crippen molar-refractivity contribution in [3.8, 4) is 0 Å². The van der Waals surface area contributed by atoms with Crippen molar-refractivity contribution >= 4 is 11.6 Å². The molecule has 94 valence electrons. The fourth-order valence-corrected chi connectivity index (χ4v) is 1.36. The SMILES string of the molecule is Cc1ccc(F)c(NC(=O)CC(O)C(C)C)c1. The third-order valence-corrected chi connectivity index (χ3v) is 2.56. The van der Waals surface area contributed by atoms with Gasteiger partial charge in [0.25, 0.3) is 0 Å². The lowest BCUT2D eigenvalue weighted by molar-refractivity contribution is -0.118. The van der Waals surface area contributed by atoms with Gasteiger partial charge in [0.1, 0.15) is 5.82 Å². The number of rotatable bonds is 4. The molecule has 0 radical (unpaired) electrons. The molecule has 1 atom stereocenters. The average molecular weight is 239 g/mol. The van der Waals surface area contributed by atoms with Crippen LogP contribution < -0.4 is 5.32 Å². The smallest absolute Gasteiger partial charge is 0.227 e. The summed E-state index contributed by atoms with van der Waals surface area (Å²) in [6.07, 6.45) is -0.728. The Hall–Kier alpha value is -1.42. The second-order valence-corrected chi connectivity index (χ2v) is 4.55. The van der Waals surface area contributed by atoms with Gasteiger partial charge in [-0.3, -0.25) is 4.79 Å². The number of aliphatic hydroxyl groups is 1. The van der Waals surface area contributed by atoms with Crippen molar-refractivity contribution in [2.45, 2.75) is 33.3 Å². The van der Waals surface area contributed by atoms with Crippen LogP contribution in [-0.2, 0) is 4.79 Å². The molecule has 0 aliphatic rings. The number of nitrogens with one attached hydrogen (secondary N) is 1. The summed E-state index contributed by atoms with van der Waals surface area (Å²) < 4.78 is 13.3. The number of halogens is 1. The molecule has 1 amide bonds. The van der Waals surface area contributed by atoms with Gasteiger partial charge in [0.2, 0.25) is 5.91 Å². The number of carbonyl (C=O) groups excluding carboxylic acids is 1. The fourth-order valence-electron chi connectivity index (χ4n) is 1.36. The molecule has 0 heterocycles. The zero-order chi connectivity index (χ0) is 13.0. The number of carbonyl (C=O) groups is 1. The molecule has 0 aliphatic carbocycles. The van der Waals surface area contributed by atoms with Gasteiger partial charge in [-0.1, -0.05) is 19.9 Å². The average Bonchev–Trinajstić information content (AvgIpc) is 2.23. The molecule has 1 aromatic rings. The van der Waals surface area contributed by atoms with E-state index in [2.05, 4.69) is 5.32 Å². The molecular weight excluding hydrogens is 221 g/mol. The summed E-state index contributed by atoms with van der Waals surface area (Å²) in [6.45, 7) is 5.47. The second kappa shape index (κ2) is 5.77. The van der Waals surface area contributed by atoms with E-state index in [1.165, 1.54) is 6.07 Å². The zero-order valence-corrected chi connectivity index (χ0v) is 10.3. The molecule has 1 unspecified atom stereocenters. The van der Waals surface area contributed by atoms with Crippen molar-refractivity contribution in [2.24, 2.45) is 5.92 Å². The standard InChI is InChI=1S/C13H18FNO2/c1-8(2)12(16)7-13(17)15-11-6-9(3)4-5-10(11)14/h4-6,8,12,16H,7H2,1-3H3,(H,15,17). The Labute approximate surface area is 101 Å². The van der Waals surface area contributed by atoms with Crippen LogP contribution in [0.4, 0.5) is 10.1 Å². The molecule has 0 bridgehead atoms. The molecule has 0 fully saturated rings. The molecule has 2 N–H and O–H groups in total. The predicted molar refractivity (Wildman–Crippen MR) is 65.2 cm³/mol. The molecule has 0 saturated heterocycles. The van der Waals surface area contributed by atoms with Crippen molar-refractivity contribution < 1.29 is 14.3 Å². The number of amides is 1. The van der Waals surface area contributed by atoms with Gasteiger partial charge in [-0.2, -0.15) is 0 Å². The van der Waals surface area contributed by atoms with Crippen molar-refractivity contribution in [3.63, 3.8) is 0 Å². The van der Waals surface area contributed by atoms with Crippen molar-refractivity contribution in [1.29, 1.82) is 0 Å². The minimum Gasteiger partial charge on any atom is -0.392 e. The number of hydrogen-bond donors (Lipinski definition) is 2. The molecule has 0 aliphatic heterocycles. The van der Waals surface area contributed by atoms with E-state index in [9.17, 15) is 14.3 Å². The molecular formula is C13H18FNO2. The highest BCUT2D eigenvalue weighted by Gasteiger charge is 2.15. The summed E-state index contributed by atoms with van der Waals surface area (Å²) in [6, 6.07) is 4.51. The van der Waals surface area contributed by atoms with Crippen LogP contribution in [-0.4, -0.2) is 17.1 Å². The van der Waals surface area contributed by atoms with Crippen LogP contribution in [0.3, 0.4) is 0 Å². The first kappa shape index (κ1) is 13.6. The van der Waals surface area contributed by atoms with Crippen LogP contribution in [0.15, 0.2) is 18.2 Å². The highest BCUT2D eigenvalue weighted by Crippen LogP contribution is 2.16. The van der Waals surface area contributed by atoms with Gasteiger partial charge in [0.05, 0.1) is 18.2 Å². The minimum absolute atomic E-state index is 0.00288. The van der Waals surface area contributed by atoms with Gasteiger partial charge in [-0.05, 0) is 30.5 Å². The number of hydrogen-bond acceptors (Lipinski definition) is 2. The Morgan fingerprint density at radius 3 is 2.71 bits per heavy atom. The van der Waals surface area contributed by atoms with Crippen LogP contribution in [0.25, 0.3) is 0 Å². The number of aliphatic hydroxyl groups excluding tert-OH is 1. The highest BCUT2D eigenvalue weighted by molar-refractivity contribution is 5.91. The van der Waals surface area contributed by atoms with Crippen molar-refractivity contribution in [1.82, 2.24) is 0 Å². The number of benzene rings is 1. The monoisotopic (exact) mass is 239 g/mol. The lowest BCUT2D eigenvalue weighted by Crippen LogP contribution is -2.24. The molecule has 1 aromatic carbocycles. The Morgan fingerprint density at radius 1 is 1.47 bits per heavy atom.